The summed E-state index contributed by atoms with van der Waals surface area (Å²) < 4.78 is 5.41. The molecule has 1 aromatic heterocycles. The van der Waals surface area contributed by atoms with Crippen molar-refractivity contribution in [1.29, 1.82) is 0 Å². The maximum absolute atomic E-state index is 14.1. The van der Waals surface area contributed by atoms with Crippen LogP contribution in [0.4, 0.5) is 10.5 Å². The Kier molecular flexibility index (Phi) is 10.5. The van der Waals surface area contributed by atoms with Crippen molar-refractivity contribution in [3.05, 3.63) is 108 Å². The van der Waals surface area contributed by atoms with E-state index in [0.29, 0.717) is 32.5 Å². The number of fused-ring (bicyclic) bond motifs is 1. The maximum Gasteiger partial charge on any atom is 0.312 e. The number of rotatable bonds is 12. The lowest BCUT2D eigenvalue weighted by Gasteiger charge is -2.29. The van der Waals surface area contributed by atoms with Crippen molar-refractivity contribution in [1.82, 2.24) is 16.0 Å². The fourth-order valence-corrected chi connectivity index (χ4v) is 6.20. The first-order chi connectivity index (χ1) is 22.1. The summed E-state index contributed by atoms with van der Waals surface area (Å²) in [6.07, 6.45) is 5.06. The molecular weight excluding hydrogens is 598 g/mol. The standard InChI is InChI=1S/C36H41N5O4S/c1-36(2,39-22-28-8-6-18-45-28)20-33(42)40-31-16-14-26-19-29(46-3)15-17-32(26)41(34(31)43)23-24-10-12-25(13-11-24)30-9-5-4-7-27(30)21-38-35(37)44/h4-13,15,17-19,31,39H,14,16,20-23H2,1-3H3,(H,40,42)(H3,37,38,44)/t31-/m1/s1. The van der Waals surface area contributed by atoms with Crippen molar-refractivity contribution in [2.24, 2.45) is 5.73 Å². The van der Waals surface area contributed by atoms with E-state index in [2.05, 4.69) is 22.0 Å². The number of aryl methyl sites for hydroxylation is 1. The van der Waals surface area contributed by atoms with Crippen molar-refractivity contribution in [3.63, 3.8) is 0 Å². The van der Waals surface area contributed by atoms with Gasteiger partial charge in [0.2, 0.25) is 11.8 Å². The average Bonchev–Trinajstić information content (AvgIpc) is 3.54. The molecule has 3 aromatic carbocycles. The van der Waals surface area contributed by atoms with E-state index in [9.17, 15) is 14.4 Å². The topological polar surface area (TPSA) is 130 Å². The Morgan fingerprint density at radius 1 is 1.02 bits per heavy atom. The number of thioether (sulfide) groups is 1. The van der Waals surface area contributed by atoms with Crippen molar-refractivity contribution < 1.29 is 18.8 Å². The molecule has 2 heterocycles. The van der Waals surface area contributed by atoms with E-state index in [1.165, 1.54) is 0 Å². The molecule has 0 fully saturated rings. The third-order valence-electron chi connectivity index (χ3n) is 8.18. The molecule has 0 bridgehead atoms. The highest BCUT2D eigenvalue weighted by molar-refractivity contribution is 7.98. The van der Waals surface area contributed by atoms with Gasteiger partial charge in [-0.3, -0.25) is 9.59 Å². The number of amides is 4. The highest BCUT2D eigenvalue weighted by Gasteiger charge is 2.33. The second-order valence-corrected chi connectivity index (χ2v) is 13.0. The predicted octanol–water partition coefficient (Wildman–Crippen LogP) is 5.76. The van der Waals surface area contributed by atoms with Gasteiger partial charge in [-0.05, 0) is 91.1 Å². The van der Waals surface area contributed by atoms with Crippen LogP contribution in [0.5, 0.6) is 0 Å². The molecule has 1 aliphatic heterocycles. The predicted molar refractivity (Wildman–Crippen MR) is 182 cm³/mol. The number of nitrogens with one attached hydrogen (secondary N) is 3. The van der Waals surface area contributed by atoms with Gasteiger partial charge in [0.15, 0.2) is 0 Å². The summed E-state index contributed by atoms with van der Waals surface area (Å²) in [5.41, 5.74) is 10.6. The molecule has 240 valence electrons. The van der Waals surface area contributed by atoms with E-state index >= 15 is 0 Å². The largest absolute Gasteiger partial charge is 0.468 e. The van der Waals surface area contributed by atoms with Gasteiger partial charge >= 0.3 is 6.03 Å². The smallest absolute Gasteiger partial charge is 0.312 e. The molecule has 10 heteroatoms. The third kappa shape index (κ3) is 8.38. The van der Waals surface area contributed by atoms with Gasteiger partial charge < -0.3 is 31.0 Å². The second kappa shape index (κ2) is 14.7. The van der Waals surface area contributed by atoms with Crippen LogP contribution >= 0.6 is 11.8 Å². The van der Waals surface area contributed by atoms with E-state index < -0.39 is 17.6 Å². The van der Waals surface area contributed by atoms with Crippen molar-refractivity contribution >= 4 is 35.3 Å². The number of anilines is 1. The van der Waals surface area contributed by atoms with Gasteiger partial charge in [0.25, 0.3) is 0 Å². The summed E-state index contributed by atoms with van der Waals surface area (Å²) in [5.74, 6) is 0.486. The lowest BCUT2D eigenvalue weighted by molar-refractivity contribution is -0.128. The van der Waals surface area contributed by atoms with Crippen LogP contribution < -0.4 is 26.6 Å². The second-order valence-electron chi connectivity index (χ2n) is 12.1. The summed E-state index contributed by atoms with van der Waals surface area (Å²) in [6.45, 7) is 5.12. The molecule has 4 amide bonds. The monoisotopic (exact) mass is 639 g/mol. The molecule has 0 saturated heterocycles. The van der Waals surface area contributed by atoms with Gasteiger partial charge in [-0.2, -0.15) is 0 Å². The van der Waals surface area contributed by atoms with Gasteiger partial charge in [0.05, 0.1) is 19.4 Å². The lowest BCUT2D eigenvalue weighted by atomic mass is 9.98. The fraction of sp³-hybridized carbons (Fsp3) is 0.306. The number of carbonyl (C=O) groups excluding carboxylic acids is 3. The number of hydrogen-bond acceptors (Lipinski definition) is 6. The molecule has 46 heavy (non-hydrogen) atoms. The van der Waals surface area contributed by atoms with Crippen LogP contribution in [0.3, 0.4) is 0 Å². The van der Waals surface area contributed by atoms with Gasteiger partial charge in [-0.1, -0.05) is 48.5 Å². The van der Waals surface area contributed by atoms with Crippen LogP contribution in [0.1, 0.15) is 49.1 Å². The zero-order chi connectivity index (χ0) is 32.7. The number of hydrogen-bond donors (Lipinski definition) is 4. The molecule has 1 aliphatic rings. The number of carbonyl (C=O) groups is 3. The summed E-state index contributed by atoms with van der Waals surface area (Å²) in [4.78, 5) is 41.7. The van der Waals surface area contributed by atoms with E-state index in [-0.39, 0.29) is 18.2 Å². The highest BCUT2D eigenvalue weighted by Crippen LogP contribution is 2.33. The molecule has 0 aliphatic carbocycles. The number of nitrogens with zero attached hydrogens (tertiary/aromatic N) is 1. The van der Waals surface area contributed by atoms with Crippen molar-refractivity contribution in [2.45, 2.75) is 69.2 Å². The third-order valence-corrected chi connectivity index (χ3v) is 8.90. The quantitative estimate of drug-likeness (QED) is 0.146. The first kappa shape index (κ1) is 32.8. The average molecular weight is 640 g/mol. The highest BCUT2D eigenvalue weighted by atomic mass is 32.2. The van der Waals surface area contributed by atoms with E-state index in [0.717, 1.165) is 44.2 Å². The first-order valence-electron chi connectivity index (χ1n) is 15.4. The number of primary amides is 1. The Balaban J connectivity index is 1.33. The minimum Gasteiger partial charge on any atom is -0.468 e. The molecule has 0 spiro atoms. The summed E-state index contributed by atoms with van der Waals surface area (Å²) in [6, 6.07) is 24.6. The van der Waals surface area contributed by atoms with Gasteiger partial charge in [0, 0.05) is 29.1 Å². The number of benzene rings is 3. The number of nitrogens with two attached hydrogens (primary N) is 1. The normalized spacial score (nSPS) is 14.8. The van der Waals surface area contributed by atoms with Crippen LogP contribution in [0.25, 0.3) is 11.1 Å². The molecule has 9 nitrogen and oxygen atoms in total. The Morgan fingerprint density at radius 2 is 1.80 bits per heavy atom. The van der Waals surface area contributed by atoms with Crippen LogP contribution in [0.2, 0.25) is 0 Å². The van der Waals surface area contributed by atoms with Crippen molar-refractivity contribution in [2.75, 3.05) is 11.2 Å². The van der Waals surface area contributed by atoms with Crippen LogP contribution in [0, 0.1) is 0 Å². The summed E-state index contributed by atoms with van der Waals surface area (Å²) in [5, 5.41) is 9.10. The van der Waals surface area contributed by atoms with Gasteiger partial charge in [0.1, 0.15) is 11.8 Å². The number of urea groups is 1. The van der Waals surface area contributed by atoms with Crippen LogP contribution in [-0.4, -0.2) is 35.7 Å². The summed E-state index contributed by atoms with van der Waals surface area (Å²) >= 11 is 1.66. The van der Waals surface area contributed by atoms with E-state index in [1.807, 2.05) is 92.9 Å². The molecule has 4 aromatic rings. The lowest BCUT2D eigenvalue weighted by Crippen LogP contribution is -2.50. The van der Waals surface area contributed by atoms with Crippen LogP contribution in [-0.2, 0) is 35.6 Å². The van der Waals surface area contributed by atoms with E-state index in [4.69, 9.17) is 10.2 Å². The zero-order valence-corrected chi connectivity index (χ0v) is 27.3. The molecule has 1 atom stereocenters. The molecular formula is C36H41N5O4S. The fourth-order valence-electron chi connectivity index (χ4n) is 5.74. The molecule has 0 unspecified atom stereocenters. The maximum atomic E-state index is 14.1. The van der Waals surface area contributed by atoms with Gasteiger partial charge in [-0.15, -0.1) is 11.8 Å². The summed E-state index contributed by atoms with van der Waals surface area (Å²) in [7, 11) is 0. The first-order valence-corrected chi connectivity index (χ1v) is 16.6. The Morgan fingerprint density at radius 3 is 2.52 bits per heavy atom. The van der Waals surface area contributed by atoms with Crippen molar-refractivity contribution in [3.8, 4) is 11.1 Å². The molecule has 5 N–H and O–H groups in total. The van der Waals surface area contributed by atoms with E-state index in [1.54, 1.807) is 22.9 Å². The number of furan rings is 1. The molecule has 0 saturated carbocycles. The SMILES string of the molecule is CSc1ccc2c(c1)CC[C@@H](NC(=O)CC(C)(C)NCc1ccco1)C(=O)N2Cc1ccc(-c2ccccc2CNC(N)=O)cc1. The Labute approximate surface area is 274 Å². The minimum atomic E-state index is -0.651. The molecule has 5 rings (SSSR count). The molecule has 0 radical (unpaired) electrons. The van der Waals surface area contributed by atoms with Gasteiger partial charge in [-0.25, -0.2) is 4.79 Å². The minimum absolute atomic E-state index is 0.127. The zero-order valence-electron chi connectivity index (χ0n) is 26.5. The Hall–Kier alpha value is -4.54. The Bertz CT molecular complexity index is 1670. The van der Waals surface area contributed by atoms with Crippen LogP contribution in [0.15, 0.2) is 94.4 Å².